The van der Waals surface area contributed by atoms with Gasteiger partial charge in [-0.15, -0.1) is 0 Å². The number of hydrogen-bond acceptors (Lipinski definition) is 3. The van der Waals surface area contributed by atoms with E-state index in [1.54, 1.807) is 41.3 Å². The van der Waals surface area contributed by atoms with Crippen molar-refractivity contribution in [3.8, 4) is 5.75 Å². The molecule has 0 spiro atoms. The molecule has 5 heteroatoms. The molecule has 1 aliphatic rings. The number of likely N-dealkylation sites (tertiary alicyclic amines) is 1. The Bertz CT molecular complexity index is 757. The molecule has 1 saturated heterocycles. The Morgan fingerprint density at radius 3 is 2.70 bits per heavy atom. The Hall–Kier alpha value is -2.56. The molecule has 0 radical (unpaired) electrons. The van der Waals surface area contributed by atoms with Gasteiger partial charge in [0.25, 0.3) is 0 Å². The standard InChI is InChI=1S/C18H20N2O3/c1-12-5-4-10-20(11-12)18(23)17(22)19-15-8-2-7-14-13(15)6-3-9-16(14)21/h2-3,6-9,12,21H,4-5,10-11H2,1H3,(H,19,22). The fraction of sp³-hybridized carbons (Fsp3) is 0.333. The number of carbonyl (C=O) groups is 2. The average Bonchev–Trinajstić information content (AvgIpc) is 2.55. The van der Waals surface area contributed by atoms with Gasteiger partial charge >= 0.3 is 11.8 Å². The van der Waals surface area contributed by atoms with Crippen molar-refractivity contribution in [2.24, 2.45) is 5.92 Å². The molecule has 1 unspecified atom stereocenters. The summed E-state index contributed by atoms with van der Waals surface area (Å²) in [4.78, 5) is 26.2. The van der Waals surface area contributed by atoms with E-state index in [1.807, 2.05) is 0 Å². The Labute approximate surface area is 134 Å². The van der Waals surface area contributed by atoms with Gasteiger partial charge in [0.15, 0.2) is 0 Å². The van der Waals surface area contributed by atoms with Gasteiger partial charge in [-0.3, -0.25) is 9.59 Å². The first-order valence-electron chi connectivity index (χ1n) is 7.87. The van der Waals surface area contributed by atoms with Gasteiger partial charge in [0.05, 0.1) is 0 Å². The number of nitrogens with zero attached hydrogens (tertiary/aromatic N) is 1. The molecule has 0 aromatic heterocycles. The predicted molar refractivity (Wildman–Crippen MR) is 89.2 cm³/mol. The molecular weight excluding hydrogens is 292 g/mol. The smallest absolute Gasteiger partial charge is 0.313 e. The minimum Gasteiger partial charge on any atom is -0.507 e. The number of benzene rings is 2. The summed E-state index contributed by atoms with van der Waals surface area (Å²) in [7, 11) is 0. The second kappa shape index (κ2) is 6.28. The van der Waals surface area contributed by atoms with Crippen LogP contribution in [0.25, 0.3) is 10.8 Å². The summed E-state index contributed by atoms with van der Waals surface area (Å²) in [5, 5.41) is 13.9. The molecule has 1 heterocycles. The van der Waals surface area contributed by atoms with Crippen molar-refractivity contribution in [2.75, 3.05) is 18.4 Å². The molecule has 2 N–H and O–H groups in total. The lowest BCUT2D eigenvalue weighted by Crippen LogP contribution is -2.44. The lowest BCUT2D eigenvalue weighted by Gasteiger charge is -2.30. The molecule has 2 amide bonds. The number of amides is 2. The number of phenolic OH excluding ortho intramolecular Hbond substituents is 1. The van der Waals surface area contributed by atoms with E-state index in [0.717, 1.165) is 12.8 Å². The molecule has 0 saturated carbocycles. The number of phenols is 1. The van der Waals surface area contributed by atoms with Crippen LogP contribution >= 0.6 is 0 Å². The van der Waals surface area contributed by atoms with Crippen molar-refractivity contribution in [3.05, 3.63) is 36.4 Å². The van der Waals surface area contributed by atoms with Crippen molar-refractivity contribution in [3.63, 3.8) is 0 Å². The first-order valence-corrected chi connectivity index (χ1v) is 7.87. The maximum absolute atomic E-state index is 12.3. The van der Waals surface area contributed by atoms with Gasteiger partial charge in [-0.05, 0) is 30.9 Å². The first-order chi connectivity index (χ1) is 11.1. The van der Waals surface area contributed by atoms with E-state index < -0.39 is 11.8 Å². The van der Waals surface area contributed by atoms with Gasteiger partial charge in [0.2, 0.25) is 0 Å². The summed E-state index contributed by atoms with van der Waals surface area (Å²) in [5.41, 5.74) is 0.529. The third-order valence-electron chi connectivity index (χ3n) is 4.29. The summed E-state index contributed by atoms with van der Waals surface area (Å²) in [6.07, 6.45) is 2.02. The number of rotatable bonds is 1. The topological polar surface area (TPSA) is 69.6 Å². The lowest BCUT2D eigenvalue weighted by molar-refractivity contribution is -0.144. The molecule has 1 aliphatic heterocycles. The van der Waals surface area contributed by atoms with E-state index in [9.17, 15) is 14.7 Å². The van der Waals surface area contributed by atoms with E-state index in [4.69, 9.17) is 0 Å². The summed E-state index contributed by atoms with van der Waals surface area (Å²) in [6.45, 7) is 3.35. The largest absolute Gasteiger partial charge is 0.507 e. The molecule has 3 rings (SSSR count). The lowest BCUT2D eigenvalue weighted by atomic mass is 10.0. The van der Waals surface area contributed by atoms with Crippen LogP contribution in [0.4, 0.5) is 5.69 Å². The summed E-state index contributed by atoms with van der Waals surface area (Å²) < 4.78 is 0. The first kappa shape index (κ1) is 15.3. The minimum absolute atomic E-state index is 0.148. The maximum atomic E-state index is 12.3. The molecule has 120 valence electrons. The van der Waals surface area contributed by atoms with E-state index in [0.29, 0.717) is 35.5 Å². The molecule has 1 fully saturated rings. The highest BCUT2D eigenvalue weighted by Crippen LogP contribution is 2.29. The zero-order valence-corrected chi connectivity index (χ0v) is 13.1. The van der Waals surface area contributed by atoms with Crippen molar-refractivity contribution >= 4 is 28.3 Å². The van der Waals surface area contributed by atoms with Gasteiger partial charge in [0, 0.05) is 29.5 Å². The van der Waals surface area contributed by atoms with Crippen LogP contribution in [0.3, 0.4) is 0 Å². The highest BCUT2D eigenvalue weighted by molar-refractivity contribution is 6.40. The van der Waals surface area contributed by atoms with Crippen LogP contribution in [-0.4, -0.2) is 34.9 Å². The van der Waals surface area contributed by atoms with Gasteiger partial charge in [-0.25, -0.2) is 0 Å². The van der Waals surface area contributed by atoms with Crippen LogP contribution in [0.15, 0.2) is 36.4 Å². The van der Waals surface area contributed by atoms with Crippen LogP contribution in [0.2, 0.25) is 0 Å². The number of aromatic hydroxyl groups is 1. The number of carbonyl (C=O) groups excluding carboxylic acids is 2. The number of anilines is 1. The van der Waals surface area contributed by atoms with E-state index >= 15 is 0 Å². The van der Waals surface area contributed by atoms with Crippen LogP contribution in [0.5, 0.6) is 5.75 Å². The fourth-order valence-electron chi connectivity index (χ4n) is 3.10. The summed E-state index contributed by atoms with van der Waals surface area (Å²) in [5.74, 6) is -0.548. The van der Waals surface area contributed by atoms with Crippen LogP contribution in [0.1, 0.15) is 19.8 Å². The normalized spacial score (nSPS) is 18.0. The average molecular weight is 312 g/mol. The Morgan fingerprint density at radius 2 is 1.91 bits per heavy atom. The van der Waals surface area contributed by atoms with E-state index in [1.165, 1.54) is 0 Å². The Balaban J connectivity index is 1.80. The molecule has 0 bridgehead atoms. The molecule has 1 atom stereocenters. The third kappa shape index (κ3) is 3.13. The molecule has 0 aliphatic carbocycles. The van der Waals surface area contributed by atoms with Crippen LogP contribution < -0.4 is 5.32 Å². The number of fused-ring (bicyclic) bond motifs is 1. The molecule has 5 nitrogen and oxygen atoms in total. The molecule has 2 aromatic carbocycles. The number of hydrogen-bond donors (Lipinski definition) is 2. The highest BCUT2D eigenvalue weighted by atomic mass is 16.3. The number of nitrogens with one attached hydrogen (secondary N) is 1. The molecule has 23 heavy (non-hydrogen) atoms. The number of piperidine rings is 1. The quantitative estimate of drug-likeness (QED) is 0.796. The molecular formula is C18H20N2O3. The van der Waals surface area contributed by atoms with Crippen LogP contribution in [0, 0.1) is 5.92 Å². The SMILES string of the molecule is CC1CCCN(C(=O)C(=O)Nc2cccc3c(O)cccc23)C1. The Kier molecular flexibility index (Phi) is 4.19. The van der Waals surface area contributed by atoms with E-state index in [-0.39, 0.29) is 5.75 Å². The van der Waals surface area contributed by atoms with E-state index in [2.05, 4.69) is 12.2 Å². The fourth-order valence-corrected chi connectivity index (χ4v) is 3.10. The maximum Gasteiger partial charge on any atom is 0.313 e. The van der Waals surface area contributed by atoms with Crippen molar-refractivity contribution in [2.45, 2.75) is 19.8 Å². The zero-order chi connectivity index (χ0) is 16.4. The second-order valence-corrected chi connectivity index (χ2v) is 6.13. The molecule has 2 aromatic rings. The van der Waals surface area contributed by atoms with Crippen molar-refractivity contribution in [1.82, 2.24) is 4.90 Å². The third-order valence-corrected chi connectivity index (χ3v) is 4.29. The minimum atomic E-state index is -0.630. The van der Waals surface area contributed by atoms with Gasteiger partial charge < -0.3 is 15.3 Å². The van der Waals surface area contributed by atoms with Gasteiger partial charge in [0.1, 0.15) is 5.75 Å². The van der Waals surface area contributed by atoms with Crippen molar-refractivity contribution in [1.29, 1.82) is 0 Å². The van der Waals surface area contributed by atoms with Crippen LogP contribution in [-0.2, 0) is 9.59 Å². The zero-order valence-electron chi connectivity index (χ0n) is 13.1. The Morgan fingerprint density at radius 1 is 1.17 bits per heavy atom. The highest BCUT2D eigenvalue weighted by Gasteiger charge is 2.26. The van der Waals surface area contributed by atoms with Gasteiger partial charge in [-0.2, -0.15) is 0 Å². The monoisotopic (exact) mass is 312 g/mol. The second-order valence-electron chi connectivity index (χ2n) is 6.13. The van der Waals surface area contributed by atoms with Crippen molar-refractivity contribution < 1.29 is 14.7 Å². The predicted octanol–water partition coefficient (Wildman–Crippen LogP) is 2.74. The van der Waals surface area contributed by atoms with Gasteiger partial charge in [-0.1, -0.05) is 31.2 Å². The summed E-state index contributed by atoms with van der Waals surface area (Å²) >= 11 is 0. The summed E-state index contributed by atoms with van der Waals surface area (Å²) in [6, 6.07) is 10.3.